The molecule has 0 radical (unpaired) electrons. The van der Waals surface area contributed by atoms with Gasteiger partial charge in [-0.2, -0.15) is 0 Å². The Hall–Kier alpha value is -0.120. The highest BCUT2D eigenvalue weighted by Crippen LogP contribution is 2.39. The van der Waals surface area contributed by atoms with Crippen molar-refractivity contribution in [2.45, 2.75) is 88.5 Å². The Morgan fingerprint density at radius 1 is 1.00 bits per heavy atom. The lowest BCUT2D eigenvalue weighted by Gasteiger charge is -2.53. The summed E-state index contributed by atoms with van der Waals surface area (Å²) in [6.07, 6.45) is 11.5. The van der Waals surface area contributed by atoms with Gasteiger partial charge in [-0.1, -0.05) is 13.3 Å². The molecule has 1 aliphatic carbocycles. The fourth-order valence-corrected chi connectivity index (χ4v) is 5.34. The van der Waals surface area contributed by atoms with Crippen LogP contribution in [0.3, 0.4) is 0 Å². The van der Waals surface area contributed by atoms with Crippen LogP contribution >= 0.6 is 0 Å². The molecule has 2 bridgehead atoms. The SMILES string of the molecule is CCC1CNC(C2CC2)CN1C1CC2CCCC(C1)N2C. The number of nitrogens with one attached hydrogen (secondary N) is 1. The first-order valence-electron chi connectivity index (χ1n) is 9.47. The van der Waals surface area contributed by atoms with E-state index in [4.69, 9.17) is 0 Å². The van der Waals surface area contributed by atoms with Crippen molar-refractivity contribution in [1.82, 2.24) is 15.1 Å². The molecule has 0 spiro atoms. The highest BCUT2D eigenvalue weighted by Gasteiger charge is 2.43. The van der Waals surface area contributed by atoms with Crippen LogP contribution in [0, 0.1) is 5.92 Å². The third kappa shape index (κ3) is 2.77. The Morgan fingerprint density at radius 2 is 1.71 bits per heavy atom. The van der Waals surface area contributed by atoms with E-state index in [0.29, 0.717) is 0 Å². The summed E-state index contributed by atoms with van der Waals surface area (Å²) in [6, 6.07) is 4.19. The quantitative estimate of drug-likeness (QED) is 0.862. The van der Waals surface area contributed by atoms with Crippen LogP contribution in [-0.4, -0.2) is 60.1 Å². The molecular weight excluding hydrogens is 258 g/mol. The number of rotatable bonds is 3. The minimum Gasteiger partial charge on any atom is -0.311 e. The first-order valence-corrected chi connectivity index (χ1v) is 9.47. The molecule has 3 saturated heterocycles. The number of hydrogen-bond acceptors (Lipinski definition) is 3. The van der Waals surface area contributed by atoms with Crippen LogP contribution in [0.4, 0.5) is 0 Å². The van der Waals surface area contributed by atoms with Crippen LogP contribution in [0.15, 0.2) is 0 Å². The maximum Gasteiger partial charge on any atom is 0.0224 e. The Morgan fingerprint density at radius 3 is 2.33 bits per heavy atom. The van der Waals surface area contributed by atoms with E-state index in [1.165, 1.54) is 64.5 Å². The minimum absolute atomic E-state index is 0.786. The number of piperazine rings is 1. The van der Waals surface area contributed by atoms with Crippen molar-refractivity contribution in [3.05, 3.63) is 0 Å². The highest BCUT2D eigenvalue weighted by molar-refractivity contribution is 5.00. The third-order valence-corrected chi connectivity index (χ3v) is 6.94. The van der Waals surface area contributed by atoms with Crippen LogP contribution in [-0.2, 0) is 0 Å². The molecule has 3 heterocycles. The third-order valence-electron chi connectivity index (χ3n) is 6.94. The molecule has 3 nitrogen and oxygen atoms in total. The van der Waals surface area contributed by atoms with Crippen LogP contribution < -0.4 is 5.32 Å². The van der Waals surface area contributed by atoms with E-state index >= 15 is 0 Å². The molecule has 3 aliphatic heterocycles. The molecular formula is C18H33N3. The van der Waals surface area contributed by atoms with Crippen molar-refractivity contribution in [3.8, 4) is 0 Å². The summed E-state index contributed by atoms with van der Waals surface area (Å²) in [6.45, 7) is 4.95. The van der Waals surface area contributed by atoms with Gasteiger partial charge < -0.3 is 10.2 Å². The number of nitrogens with zero attached hydrogens (tertiary/aromatic N) is 2. The van der Waals surface area contributed by atoms with E-state index in [1.807, 2.05) is 0 Å². The molecule has 0 aromatic heterocycles. The normalized spacial score (nSPS) is 45.7. The lowest BCUT2D eigenvalue weighted by Crippen LogP contribution is -2.63. The number of hydrogen-bond donors (Lipinski definition) is 1. The number of fused-ring (bicyclic) bond motifs is 2. The van der Waals surface area contributed by atoms with E-state index in [-0.39, 0.29) is 0 Å². The number of piperidine rings is 2. The second-order valence-corrected chi connectivity index (χ2v) is 8.14. The Kier molecular flexibility index (Phi) is 4.01. The second kappa shape index (κ2) is 5.82. The predicted octanol–water partition coefficient (Wildman–Crippen LogP) is 2.46. The summed E-state index contributed by atoms with van der Waals surface area (Å²) in [4.78, 5) is 5.65. The topological polar surface area (TPSA) is 18.5 Å². The molecule has 3 heteroatoms. The standard InChI is InChI=1S/C18H33N3/c1-3-14-11-19-18(13-7-8-13)12-21(14)17-9-15-5-4-6-16(10-17)20(15)2/h13-19H,3-12H2,1-2H3. The van der Waals surface area contributed by atoms with Gasteiger partial charge >= 0.3 is 0 Å². The molecule has 0 aromatic rings. The molecule has 4 aliphatic rings. The van der Waals surface area contributed by atoms with Gasteiger partial charge in [-0.05, 0) is 57.9 Å². The van der Waals surface area contributed by atoms with Gasteiger partial charge in [0.1, 0.15) is 0 Å². The van der Waals surface area contributed by atoms with Gasteiger partial charge in [0.25, 0.3) is 0 Å². The van der Waals surface area contributed by atoms with E-state index < -0.39 is 0 Å². The van der Waals surface area contributed by atoms with Crippen molar-refractivity contribution in [1.29, 1.82) is 0 Å². The van der Waals surface area contributed by atoms with Crippen LogP contribution in [0.25, 0.3) is 0 Å². The fourth-order valence-electron chi connectivity index (χ4n) is 5.34. The summed E-state index contributed by atoms with van der Waals surface area (Å²) < 4.78 is 0. The monoisotopic (exact) mass is 291 g/mol. The molecule has 4 fully saturated rings. The maximum absolute atomic E-state index is 3.86. The fraction of sp³-hybridized carbons (Fsp3) is 1.00. The van der Waals surface area contributed by atoms with Gasteiger partial charge in [0.2, 0.25) is 0 Å². The van der Waals surface area contributed by atoms with Crippen LogP contribution in [0.2, 0.25) is 0 Å². The Labute approximate surface area is 130 Å². The molecule has 1 saturated carbocycles. The van der Waals surface area contributed by atoms with Crippen LogP contribution in [0.5, 0.6) is 0 Å². The summed E-state index contributed by atoms with van der Waals surface area (Å²) in [5.41, 5.74) is 0. The van der Waals surface area contributed by atoms with Crippen molar-refractivity contribution in [3.63, 3.8) is 0 Å². The smallest absolute Gasteiger partial charge is 0.0224 e. The van der Waals surface area contributed by atoms with E-state index in [2.05, 4.69) is 29.1 Å². The summed E-state index contributed by atoms with van der Waals surface area (Å²) in [5.74, 6) is 0.996. The second-order valence-electron chi connectivity index (χ2n) is 8.14. The van der Waals surface area contributed by atoms with Crippen molar-refractivity contribution < 1.29 is 0 Å². The maximum atomic E-state index is 3.86. The van der Waals surface area contributed by atoms with Gasteiger partial charge in [0.15, 0.2) is 0 Å². The highest BCUT2D eigenvalue weighted by atomic mass is 15.3. The van der Waals surface area contributed by atoms with Gasteiger partial charge in [-0.3, -0.25) is 4.90 Å². The molecule has 21 heavy (non-hydrogen) atoms. The van der Waals surface area contributed by atoms with E-state index in [9.17, 15) is 0 Å². The molecule has 120 valence electrons. The van der Waals surface area contributed by atoms with Crippen molar-refractivity contribution >= 4 is 0 Å². The first-order chi connectivity index (χ1) is 10.3. The largest absolute Gasteiger partial charge is 0.311 e. The molecule has 1 N–H and O–H groups in total. The Balaban J connectivity index is 1.47. The average molecular weight is 291 g/mol. The summed E-state index contributed by atoms with van der Waals surface area (Å²) >= 11 is 0. The average Bonchev–Trinajstić information content (AvgIpc) is 3.31. The Bertz CT molecular complexity index is 353. The van der Waals surface area contributed by atoms with Gasteiger partial charge in [-0.25, -0.2) is 0 Å². The molecule has 4 rings (SSSR count). The zero-order valence-electron chi connectivity index (χ0n) is 13.9. The van der Waals surface area contributed by atoms with Crippen LogP contribution in [0.1, 0.15) is 58.3 Å². The minimum atomic E-state index is 0.786. The molecule has 0 amide bonds. The summed E-state index contributed by atoms with van der Waals surface area (Å²) in [7, 11) is 2.38. The van der Waals surface area contributed by atoms with Crippen molar-refractivity contribution in [2.75, 3.05) is 20.1 Å². The zero-order chi connectivity index (χ0) is 14.4. The first kappa shape index (κ1) is 14.5. The zero-order valence-corrected chi connectivity index (χ0v) is 13.9. The molecule has 4 unspecified atom stereocenters. The molecule has 4 atom stereocenters. The molecule has 0 aromatic carbocycles. The predicted molar refractivity (Wildman–Crippen MR) is 87.5 cm³/mol. The van der Waals surface area contributed by atoms with E-state index in [1.54, 1.807) is 0 Å². The van der Waals surface area contributed by atoms with Crippen molar-refractivity contribution in [2.24, 2.45) is 5.92 Å². The van der Waals surface area contributed by atoms with Gasteiger partial charge in [0.05, 0.1) is 0 Å². The summed E-state index contributed by atoms with van der Waals surface area (Å²) in [5, 5.41) is 3.86. The van der Waals surface area contributed by atoms with Gasteiger partial charge in [0, 0.05) is 43.3 Å². The van der Waals surface area contributed by atoms with E-state index in [0.717, 1.165) is 36.1 Å². The lowest BCUT2D eigenvalue weighted by atomic mass is 9.80. The lowest BCUT2D eigenvalue weighted by molar-refractivity contribution is -0.0207. The van der Waals surface area contributed by atoms with Gasteiger partial charge in [-0.15, -0.1) is 0 Å².